The molecule has 2 heterocycles. The van der Waals surface area contributed by atoms with Gasteiger partial charge in [-0.25, -0.2) is 0 Å². The van der Waals surface area contributed by atoms with Crippen molar-refractivity contribution in [1.29, 1.82) is 0 Å². The quantitative estimate of drug-likeness (QED) is 0.855. The van der Waals surface area contributed by atoms with Crippen LogP contribution >= 0.6 is 0 Å². The Kier molecular flexibility index (Phi) is 4.08. The Bertz CT molecular complexity index is 485. The molecule has 3 atom stereocenters. The molecule has 4 aliphatic rings. The molecule has 4 rings (SSSR count). The number of ether oxygens (including phenoxy) is 1. The van der Waals surface area contributed by atoms with Crippen molar-refractivity contribution in [2.75, 3.05) is 19.6 Å². The topological polar surface area (TPSA) is 58.6 Å². The zero-order valence-electron chi connectivity index (χ0n) is 14.0. The minimum Gasteiger partial charge on any atom is -0.363 e. The predicted octanol–water partition coefficient (Wildman–Crippen LogP) is 1.56. The van der Waals surface area contributed by atoms with Gasteiger partial charge in [0.25, 0.3) is 0 Å². The molecule has 128 valence electrons. The number of hydrogen-bond acceptors (Lipinski definition) is 3. The summed E-state index contributed by atoms with van der Waals surface area (Å²) >= 11 is 0. The van der Waals surface area contributed by atoms with Crippen molar-refractivity contribution in [2.45, 2.75) is 57.7 Å². The van der Waals surface area contributed by atoms with Crippen LogP contribution in [0.15, 0.2) is 0 Å². The fourth-order valence-electron chi connectivity index (χ4n) is 4.34. The highest BCUT2D eigenvalue weighted by atomic mass is 16.5. The molecule has 2 saturated carbocycles. The van der Waals surface area contributed by atoms with Gasteiger partial charge in [-0.05, 0) is 56.3 Å². The molecular weight excluding hydrogens is 292 g/mol. The van der Waals surface area contributed by atoms with Crippen molar-refractivity contribution >= 4 is 11.8 Å². The van der Waals surface area contributed by atoms with E-state index >= 15 is 0 Å². The van der Waals surface area contributed by atoms with Gasteiger partial charge in [-0.2, -0.15) is 0 Å². The van der Waals surface area contributed by atoms with E-state index in [1.165, 1.54) is 12.8 Å². The summed E-state index contributed by atoms with van der Waals surface area (Å²) in [5.41, 5.74) is 0. The lowest BCUT2D eigenvalue weighted by molar-refractivity contribution is -0.145. The number of carbonyl (C=O) groups is 2. The van der Waals surface area contributed by atoms with Crippen molar-refractivity contribution < 1.29 is 14.3 Å². The van der Waals surface area contributed by atoms with Gasteiger partial charge in [0.05, 0.1) is 6.10 Å². The van der Waals surface area contributed by atoms with Crippen LogP contribution in [-0.2, 0) is 14.3 Å². The molecule has 1 unspecified atom stereocenters. The average molecular weight is 320 g/mol. The Balaban J connectivity index is 1.27. The first-order valence-corrected chi connectivity index (χ1v) is 9.32. The van der Waals surface area contributed by atoms with E-state index in [1.807, 2.05) is 4.90 Å². The summed E-state index contributed by atoms with van der Waals surface area (Å²) in [5, 5.41) is 3.03. The van der Waals surface area contributed by atoms with Crippen molar-refractivity contribution in [3.8, 4) is 0 Å². The molecule has 0 radical (unpaired) electrons. The number of hydrogen-bond donors (Lipinski definition) is 1. The van der Waals surface area contributed by atoms with E-state index in [0.29, 0.717) is 30.2 Å². The fourth-order valence-corrected chi connectivity index (χ4v) is 4.34. The molecule has 5 nitrogen and oxygen atoms in total. The summed E-state index contributed by atoms with van der Waals surface area (Å²) in [5.74, 6) is 2.43. The van der Waals surface area contributed by atoms with Crippen LogP contribution in [-0.4, -0.2) is 48.6 Å². The van der Waals surface area contributed by atoms with Gasteiger partial charge in [-0.3, -0.25) is 9.59 Å². The number of fused-ring (bicyclic) bond motifs is 1. The molecule has 2 amide bonds. The molecule has 2 saturated heterocycles. The summed E-state index contributed by atoms with van der Waals surface area (Å²) in [6, 6.07) is 0. The molecule has 0 aromatic rings. The van der Waals surface area contributed by atoms with Crippen molar-refractivity contribution in [3.63, 3.8) is 0 Å². The summed E-state index contributed by atoms with van der Waals surface area (Å²) in [7, 11) is 0. The maximum atomic E-state index is 12.5. The lowest BCUT2D eigenvalue weighted by Gasteiger charge is -2.40. The Morgan fingerprint density at radius 3 is 2.65 bits per heavy atom. The second-order valence-electron chi connectivity index (χ2n) is 8.19. The first-order valence-electron chi connectivity index (χ1n) is 9.32. The second-order valence-corrected chi connectivity index (χ2v) is 8.19. The highest BCUT2D eigenvalue weighted by Gasteiger charge is 2.44. The zero-order valence-corrected chi connectivity index (χ0v) is 14.0. The van der Waals surface area contributed by atoms with Gasteiger partial charge < -0.3 is 15.0 Å². The third-order valence-corrected chi connectivity index (χ3v) is 6.14. The van der Waals surface area contributed by atoms with Gasteiger partial charge >= 0.3 is 0 Å². The zero-order chi connectivity index (χ0) is 16.0. The molecule has 0 aromatic heterocycles. The lowest BCUT2D eigenvalue weighted by Crippen LogP contribution is -2.49. The number of nitrogens with one attached hydrogen (secondary N) is 1. The van der Waals surface area contributed by atoms with Crippen LogP contribution in [0.2, 0.25) is 0 Å². The molecular formula is C18H28N2O3. The minimum atomic E-state index is -0.303. The van der Waals surface area contributed by atoms with Crippen LogP contribution in [0.1, 0.15) is 45.4 Å². The number of amides is 2. The number of piperidine rings is 1. The van der Waals surface area contributed by atoms with Gasteiger partial charge in [-0.1, -0.05) is 6.92 Å². The molecule has 2 aliphatic carbocycles. The first-order chi connectivity index (χ1) is 11.1. The summed E-state index contributed by atoms with van der Waals surface area (Å²) in [6.07, 6.45) is 6.12. The summed E-state index contributed by atoms with van der Waals surface area (Å²) < 4.78 is 6.01. The van der Waals surface area contributed by atoms with Gasteiger partial charge in [0, 0.05) is 25.6 Å². The maximum absolute atomic E-state index is 12.5. The van der Waals surface area contributed by atoms with E-state index in [2.05, 4.69) is 12.2 Å². The van der Waals surface area contributed by atoms with E-state index in [4.69, 9.17) is 4.74 Å². The SMILES string of the molecule is CC1CC(C(=O)N2CC[C@H]3CC(C(=O)NCC4CC4)O[C@H]3C2)C1. The van der Waals surface area contributed by atoms with E-state index < -0.39 is 0 Å². The normalized spacial score (nSPS) is 39.5. The van der Waals surface area contributed by atoms with Crippen LogP contribution < -0.4 is 5.32 Å². The molecule has 23 heavy (non-hydrogen) atoms. The van der Waals surface area contributed by atoms with E-state index in [0.717, 1.165) is 38.8 Å². The Hall–Kier alpha value is -1.10. The molecule has 2 aliphatic heterocycles. The van der Waals surface area contributed by atoms with Gasteiger partial charge in [0.15, 0.2) is 0 Å². The van der Waals surface area contributed by atoms with Gasteiger partial charge in [0.2, 0.25) is 11.8 Å². The third-order valence-electron chi connectivity index (χ3n) is 6.14. The Morgan fingerprint density at radius 2 is 1.96 bits per heavy atom. The standard InChI is InChI=1S/C18H28N2O3/c1-11-6-14(7-11)18(22)20-5-4-13-8-15(23-16(13)10-20)17(21)19-9-12-2-3-12/h11-16H,2-10H2,1H3,(H,19,21)/t11?,13-,14?,15?,16-/m0/s1. The lowest BCUT2D eigenvalue weighted by atomic mass is 9.75. The summed E-state index contributed by atoms with van der Waals surface area (Å²) in [6.45, 7) is 4.53. The van der Waals surface area contributed by atoms with Gasteiger partial charge in [-0.15, -0.1) is 0 Å². The molecule has 0 spiro atoms. The van der Waals surface area contributed by atoms with E-state index in [-0.39, 0.29) is 24.0 Å². The molecule has 0 aromatic carbocycles. The number of likely N-dealkylation sites (tertiary alicyclic amines) is 1. The smallest absolute Gasteiger partial charge is 0.249 e. The monoisotopic (exact) mass is 320 g/mol. The van der Waals surface area contributed by atoms with Crippen molar-refractivity contribution in [1.82, 2.24) is 10.2 Å². The largest absolute Gasteiger partial charge is 0.363 e. The number of rotatable bonds is 4. The molecule has 1 N–H and O–H groups in total. The predicted molar refractivity (Wildman–Crippen MR) is 85.6 cm³/mol. The average Bonchev–Trinajstić information content (AvgIpc) is 3.25. The number of carbonyl (C=O) groups excluding carboxylic acids is 2. The molecule has 5 heteroatoms. The van der Waals surface area contributed by atoms with E-state index in [1.54, 1.807) is 0 Å². The van der Waals surface area contributed by atoms with Crippen LogP contribution in [0.5, 0.6) is 0 Å². The van der Waals surface area contributed by atoms with Crippen LogP contribution in [0.25, 0.3) is 0 Å². The highest BCUT2D eigenvalue weighted by Crippen LogP contribution is 2.38. The molecule has 4 fully saturated rings. The second kappa shape index (κ2) is 6.08. The van der Waals surface area contributed by atoms with Crippen LogP contribution in [0, 0.1) is 23.7 Å². The maximum Gasteiger partial charge on any atom is 0.249 e. The van der Waals surface area contributed by atoms with Crippen molar-refractivity contribution in [3.05, 3.63) is 0 Å². The number of nitrogens with zero attached hydrogens (tertiary/aromatic N) is 1. The summed E-state index contributed by atoms with van der Waals surface area (Å²) in [4.78, 5) is 26.7. The highest BCUT2D eigenvalue weighted by molar-refractivity contribution is 5.81. The Labute approximate surface area is 138 Å². The van der Waals surface area contributed by atoms with Crippen LogP contribution in [0.3, 0.4) is 0 Å². The Morgan fingerprint density at radius 1 is 1.17 bits per heavy atom. The molecule has 0 bridgehead atoms. The van der Waals surface area contributed by atoms with Crippen molar-refractivity contribution in [2.24, 2.45) is 23.7 Å². The first kappa shape index (κ1) is 15.4. The van der Waals surface area contributed by atoms with Gasteiger partial charge in [0.1, 0.15) is 6.10 Å². The third kappa shape index (κ3) is 3.25. The fraction of sp³-hybridized carbons (Fsp3) is 0.889. The van der Waals surface area contributed by atoms with Crippen LogP contribution in [0.4, 0.5) is 0 Å². The minimum absolute atomic E-state index is 0.0528. The van der Waals surface area contributed by atoms with E-state index in [9.17, 15) is 9.59 Å².